The number of rotatable bonds is 6. The van der Waals surface area contributed by atoms with E-state index in [1.54, 1.807) is 0 Å². The van der Waals surface area contributed by atoms with E-state index in [9.17, 15) is 0 Å². The zero-order chi connectivity index (χ0) is 11.3. The highest BCUT2D eigenvalue weighted by Gasteiger charge is 2.32. The molecule has 0 spiro atoms. The van der Waals surface area contributed by atoms with Gasteiger partial charge >= 0.3 is 0 Å². The van der Waals surface area contributed by atoms with Crippen LogP contribution in [0.15, 0.2) is 0 Å². The van der Waals surface area contributed by atoms with Crippen LogP contribution in [0.2, 0.25) is 0 Å². The molecule has 1 rings (SSSR count). The van der Waals surface area contributed by atoms with Crippen molar-refractivity contribution in [3.8, 4) is 0 Å². The van der Waals surface area contributed by atoms with Gasteiger partial charge in [0.25, 0.3) is 0 Å². The van der Waals surface area contributed by atoms with E-state index in [2.05, 4.69) is 26.2 Å². The maximum absolute atomic E-state index is 5.71. The standard InChI is InChI=1S/C12H26N2O/c1-4-12-10(7-8-15-12)11(14-13)6-5-9(2)3/h9-12,14H,4-8,13H2,1-3H3. The molecule has 0 bridgehead atoms. The zero-order valence-corrected chi connectivity index (χ0v) is 10.3. The van der Waals surface area contributed by atoms with Crippen LogP contribution < -0.4 is 11.3 Å². The zero-order valence-electron chi connectivity index (χ0n) is 10.3. The molecule has 90 valence electrons. The molecule has 1 saturated heterocycles. The van der Waals surface area contributed by atoms with Gasteiger partial charge in [-0.3, -0.25) is 11.3 Å². The molecule has 3 atom stereocenters. The summed E-state index contributed by atoms with van der Waals surface area (Å²) in [5.41, 5.74) is 2.98. The SMILES string of the molecule is CCC1OCCC1C(CCC(C)C)NN. The maximum Gasteiger partial charge on any atom is 0.0616 e. The van der Waals surface area contributed by atoms with Crippen LogP contribution in [0.1, 0.15) is 46.5 Å². The number of hydrogen-bond donors (Lipinski definition) is 2. The van der Waals surface area contributed by atoms with Crippen LogP contribution in [0.25, 0.3) is 0 Å². The summed E-state index contributed by atoms with van der Waals surface area (Å²) in [7, 11) is 0. The number of nitrogens with two attached hydrogens (primary N) is 1. The van der Waals surface area contributed by atoms with Gasteiger partial charge in [0.1, 0.15) is 0 Å². The third-order valence-electron chi connectivity index (χ3n) is 3.45. The van der Waals surface area contributed by atoms with Crippen molar-refractivity contribution in [2.45, 2.75) is 58.6 Å². The van der Waals surface area contributed by atoms with Gasteiger partial charge in [-0.25, -0.2) is 0 Å². The highest BCUT2D eigenvalue weighted by atomic mass is 16.5. The molecule has 3 unspecified atom stereocenters. The summed E-state index contributed by atoms with van der Waals surface area (Å²) < 4.78 is 5.71. The molecule has 1 aliphatic rings. The third-order valence-corrected chi connectivity index (χ3v) is 3.45. The van der Waals surface area contributed by atoms with Crippen molar-refractivity contribution >= 4 is 0 Å². The van der Waals surface area contributed by atoms with E-state index < -0.39 is 0 Å². The van der Waals surface area contributed by atoms with Gasteiger partial charge in [0.05, 0.1) is 6.10 Å². The first-order valence-corrected chi connectivity index (χ1v) is 6.26. The number of nitrogens with one attached hydrogen (secondary N) is 1. The van der Waals surface area contributed by atoms with Gasteiger partial charge in [-0.1, -0.05) is 20.8 Å². The second-order valence-corrected chi connectivity index (χ2v) is 5.01. The molecular formula is C12H26N2O. The van der Waals surface area contributed by atoms with E-state index >= 15 is 0 Å². The molecule has 0 amide bonds. The molecule has 1 fully saturated rings. The van der Waals surface area contributed by atoms with E-state index in [1.807, 2.05) is 0 Å². The lowest BCUT2D eigenvalue weighted by Gasteiger charge is -2.27. The van der Waals surface area contributed by atoms with Gasteiger partial charge in [0.2, 0.25) is 0 Å². The molecule has 0 aromatic heterocycles. The Morgan fingerprint density at radius 2 is 2.13 bits per heavy atom. The molecule has 0 radical (unpaired) electrons. The first-order valence-electron chi connectivity index (χ1n) is 6.26. The molecule has 3 N–H and O–H groups in total. The van der Waals surface area contributed by atoms with E-state index in [1.165, 1.54) is 12.8 Å². The third kappa shape index (κ3) is 3.74. The highest BCUT2D eigenvalue weighted by Crippen LogP contribution is 2.28. The molecular weight excluding hydrogens is 188 g/mol. The summed E-state index contributed by atoms with van der Waals surface area (Å²) in [6, 6.07) is 0.430. The van der Waals surface area contributed by atoms with Crippen molar-refractivity contribution < 1.29 is 4.74 Å². The summed E-state index contributed by atoms with van der Waals surface area (Å²) in [5, 5.41) is 0. The van der Waals surface area contributed by atoms with Gasteiger partial charge in [-0.2, -0.15) is 0 Å². The molecule has 3 nitrogen and oxygen atoms in total. The Hall–Kier alpha value is -0.120. The normalized spacial score (nSPS) is 28.6. The largest absolute Gasteiger partial charge is 0.378 e. The predicted octanol–water partition coefficient (Wildman–Crippen LogP) is 2.07. The van der Waals surface area contributed by atoms with E-state index in [0.717, 1.165) is 25.4 Å². The van der Waals surface area contributed by atoms with E-state index in [4.69, 9.17) is 10.6 Å². The Morgan fingerprint density at radius 3 is 2.67 bits per heavy atom. The Labute approximate surface area is 93.7 Å². The van der Waals surface area contributed by atoms with Crippen LogP contribution in [0, 0.1) is 11.8 Å². The van der Waals surface area contributed by atoms with Crippen molar-refractivity contribution in [2.24, 2.45) is 17.7 Å². The van der Waals surface area contributed by atoms with Crippen molar-refractivity contribution in [3.05, 3.63) is 0 Å². The first-order chi connectivity index (χ1) is 7.19. The van der Waals surface area contributed by atoms with Crippen LogP contribution >= 0.6 is 0 Å². The highest BCUT2D eigenvalue weighted by molar-refractivity contribution is 4.84. The topological polar surface area (TPSA) is 47.3 Å². The average Bonchev–Trinajstić information content (AvgIpc) is 2.66. The van der Waals surface area contributed by atoms with E-state index in [0.29, 0.717) is 18.1 Å². The molecule has 0 aliphatic carbocycles. The molecule has 1 aliphatic heterocycles. The van der Waals surface area contributed by atoms with Crippen LogP contribution in [0.3, 0.4) is 0 Å². The van der Waals surface area contributed by atoms with Gasteiger partial charge in [-0.05, 0) is 31.6 Å². The Bertz CT molecular complexity index is 173. The Balaban J connectivity index is 2.42. The van der Waals surface area contributed by atoms with Gasteiger partial charge in [0, 0.05) is 18.6 Å². The van der Waals surface area contributed by atoms with Crippen molar-refractivity contribution in [3.63, 3.8) is 0 Å². The first kappa shape index (κ1) is 12.9. The van der Waals surface area contributed by atoms with Crippen molar-refractivity contribution in [1.82, 2.24) is 5.43 Å². The molecule has 0 saturated carbocycles. The van der Waals surface area contributed by atoms with Gasteiger partial charge in [-0.15, -0.1) is 0 Å². The summed E-state index contributed by atoms with van der Waals surface area (Å²) >= 11 is 0. The number of hydrogen-bond acceptors (Lipinski definition) is 3. The number of ether oxygens (including phenoxy) is 1. The van der Waals surface area contributed by atoms with Crippen molar-refractivity contribution in [2.75, 3.05) is 6.61 Å². The molecule has 0 aromatic rings. The lowest BCUT2D eigenvalue weighted by atomic mass is 9.87. The van der Waals surface area contributed by atoms with Crippen LogP contribution in [-0.4, -0.2) is 18.8 Å². The Morgan fingerprint density at radius 1 is 1.40 bits per heavy atom. The Kier molecular flexibility index (Phi) is 5.58. The second kappa shape index (κ2) is 6.46. The predicted molar refractivity (Wildman–Crippen MR) is 63.3 cm³/mol. The van der Waals surface area contributed by atoms with Gasteiger partial charge < -0.3 is 4.74 Å². The molecule has 1 heterocycles. The monoisotopic (exact) mass is 214 g/mol. The van der Waals surface area contributed by atoms with E-state index in [-0.39, 0.29) is 0 Å². The van der Waals surface area contributed by atoms with Gasteiger partial charge in [0.15, 0.2) is 0 Å². The fourth-order valence-electron chi connectivity index (χ4n) is 2.48. The summed E-state index contributed by atoms with van der Waals surface area (Å²) in [4.78, 5) is 0. The smallest absolute Gasteiger partial charge is 0.0616 e. The molecule has 3 heteroatoms. The lowest BCUT2D eigenvalue weighted by molar-refractivity contribution is 0.0757. The van der Waals surface area contributed by atoms with Crippen LogP contribution in [0.5, 0.6) is 0 Å². The fourth-order valence-corrected chi connectivity index (χ4v) is 2.48. The number of hydrazine groups is 1. The molecule has 15 heavy (non-hydrogen) atoms. The fraction of sp³-hybridized carbons (Fsp3) is 1.00. The minimum Gasteiger partial charge on any atom is -0.378 e. The molecule has 0 aromatic carbocycles. The quantitative estimate of drug-likeness (QED) is 0.525. The van der Waals surface area contributed by atoms with Crippen molar-refractivity contribution in [1.29, 1.82) is 0 Å². The minimum atomic E-state index is 0.415. The second-order valence-electron chi connectivity index (χ2n) is 5.01. The van der Waals surface area contributed by atoms with Crippen LogP contribution in [0.4, 0.5) is 0 Å². The summed E-state index contributed by atoms with van der Waals surface area (Å²) in [6.45, 7) is 7.62. The average molecular weight is 214 g/mol. The minimum absolute atomic E-state index is 0.415. The summed E-state index contributed by atoms with van der Waals surface area (Å²) in [6.07, 6.45) is 5.08. The lowest BCUT2D eigenvalue weighted by Crippen LogP contribution is -2.43. The maximum atomic E-state index is 5.71. The summed E-state index contributed by atoms with van der Waals surface area (Å²) in [5.74, 6) is 7.01. The van der Waals surface area contributed by atoms with Crippen LogP contribution in [-0.2, 0) is 4.74 Å².